The van der Waals surface area contributed by atoms with Gasteiger partial charge in [-0.2, -0.15) is 0 Å². The van der Waals surface area contributed by atoms with Gasteiger partial charge in [0.2, 0.25) is 11.8 Å². The van der Waals surface area contributed by atoms with Crippen LogP contribution in [0.15, 0.2) is 72.9 Å². The summed E-state index contributed by atoms with van der Waals surface area (Å²) in [5.74, 6) is 2.21. The number of carbonyl (C=O) groups is 1. The van der Waals surface area contributed by atoms with Crippen molar-refractivity contribution in [3.63, 3.8) is 0 Å². The fraction of sp³-hybridized carbons (Fsp3) is 0.438. The summed E-state index contributed by atoms with van der Waals surface area (Å²) in [7, 11) is 0. The second-order valence-electron chi connectivity index (χ2n) is 10.4. The molecule has 1 aromatic heterocycles. The molecule has 2 aliphatic heterocycles. The highest BCUT2D eigenvalue weighted by atomic mass is 16.5. The van der Waals surface area contributed by atoms with Crippen LogP contribution < -0.4 is 9.47 Å². The molecule has 1 fully saturated rings. The molecule has 6 heteroatoms. The number of piperidine rings is 1. The zero-order valence-electron chi connectivity index (χ0n) is 22.3. The fourth-order valence-electron chi connectivity index (χ4n) is 5.53. The lowest BCUT2D eigenvalue weighted by atomic mass is 9.95. The number of amides is 1. The van der Waals surface area contributed by atoms with Gasteiger partial charge in [0.25, 0.3) is 0 Å². The molecular formula is C32H39N3O3. The summed E-state index contributed by atoms with van der Waals surface area (Å²) in [5.41, 5.74) is 2.28. The van der Waals surface area contributed by atoms with Gasteiger partial charge in [0.1, 0.15) is 0 Å². The third-order valence-electron chi connectivity index (χ3n) is 7.55. The highest BCUT2D eigenvalue weighted by Crippen LogP contribution is 2.33. The highest BCUT2D eigenvalue weighted by molar-refractivity contribution is 5.78. The second-order valence-corrected chi connectivity index (χ2v) is 10.4. The molecule has 0 aliphatic carbocycles. The lowest BCUT2D eigenvalue weighted by Crippen LogP contribution is -2.49. The lowest BCUT2D eigenvalue weighted by molar-refractivity contribution is -0.136. The molecule has 2 aromatic carbocycles. The van der Waals surface area contributed by atoms with Gasteiger partial charge in [-0.1, -0.05) is 61.4 Å². The number of carbonyl (C=O) groups excluding carboxylic acids is 1. The Labute approximate surface area is 226 Å². The number of hydrogen-bond acceptors (Lipinski definition) is 5. The summed E-state index contributed by atoms with van der Waals surface area (Å²) in [4.78, 5) is 22.7. The van der Waals surface area contributed by atoms with Crippen LogP contribution in [0.3, 0.4) is 0 Å². The van der Waals surface area contributed by atoms with Crippen LogP contribution in [-0.4, -0.2) is 53.0 Å². The number of hydrogen-bond donors (Lipinski definition) is 0. The average molecular weight is 514 g/mol. The Hall–Kier alpha value is -3.38. The van der Waals surface area contributed by atoms with Crippen LogP contribution in [0.25, 0.3) is 0 Å². The number of para-hydroxylation sites is 2. The van der Waals surface area contributed by atoms with Crippen molar-refractivity contribution in [1.82, 2.24) is 14.8 Å². The van der Waals surface area contributed by atoms with E-state index in [1.54, 1.807) is 6.20 Å². The molecule has 3 heterocycles. The van der Waals surface area contributed by atoms with E-state index in [0.29, 0.717) is 31.3 Å². The molecule has 38 heavy (non-hydrogen) atoms. The lowest BCUT2D eigenvalue weighted by Gasteiger charge is -2.37. The molecular weight excluding hydrogens is 474 g/mol. The van der Waals surface area contributed by atoms with E-state index in [0.717, 1.165) is 69.3 Å². The molecule has 0 saturated carbocycles. The first-order valence-corrected chi connectivity index (χ1v) is 14.2. The Morgan fingerprint density at radius 3 is 2.53 bits per heavy atom. The van der Waals surface area contributed by atoms with Crippen molar-refractivity contribution in [1.29, 1.82) is 0 Å². The van der Waals surface area contributed by atoms with Gasteiger partial charge in [-0.3, -0.25) is 9.69 Å². The Balaban J connectivity index is 1.33. The summed E-state index contributed by atoms with van der Waals surface area (Å²) in [5, 5.41) is 0. The molecule has 0 N–H and O–H groups in total. The zero-order valence-corrected chi connectivity index (χ0v) is 22.3. The van der Waals surface area contributed by atoms with Gasteiger partial charge in [-0.15, -0.1) is 0 Å². The second kappa shape index (κ2) is 13.4. The first-order valence-electron chi connectivity index (χ1n) is 14.2. The molecule has 0 bridgehead atoms. The average Bonchev–Trinajstić information content (AvgIpc) is 2.95. The van der Waals surface area contributed by atoms with Crippen LogP contribution in [0.4, 0.5) is 0 Å². The Morgan fingerprint density at radius 1 is 0.842 bits per heavy atom. The third-order valence-corrected chi connectivity index (χ3v) is 7.55. The Bertz CT molecular complexity index is 1170. The predicted octanol–water partition coefficient (Wildman–Crippen LogP) is 6.25. The van der Waals surface area contributed by atoms with Crippen molar-refractivity contribution >= 4 is 5.91 Å². The van der Waals surface area contributed by atoms with Crippen LogP contribution >= 0.6 is 0 Å². The molecule has 1 saturated heterocycles. The van der Waals surface area contributed by atoms with Gasteiger partial charge >= 0.3 is 0 Å². The van der Waals surface area contributed by atoms with Gasteiger partial charge in [-0.05, 0) is 68.8 Å². The molecule has 3 aromatic rings. The minimum Gasteiger partial charge on any atom is -0.490 e. The van der Waals surface area contributed by atoms with E-state index in [1.165, 1.54) is 12.0 Å². The molecule has 1 atom stereocenters. The maximum atomic E-state index is 13.7. The topological polar surface area (TPSA) is 54.9 Å². The van der Waals surface area contributed by atoms with Gasteiger partial charge in [0.05, 0.1) is 13.2 Å². The fourth-order valence-corrected chi connectivity index (χ4v) is 5.53. The minimum absolute atomic E-state index is 0.233. The van der Waals surface area contributed by atoms with Gasteiger partial charge in [0.15, 0.2) is 11.5 Å². The van der Waals surface area contributed by atoms with Crippen molar-refractivity contribution in [3.05, 3.63) is 84.1 Å². The number of fused-ring (bicyclic) bond motifs is 2. The maximum Gasteiger partial charge on any atom is 0.237 e. The van der Waals surface area contributed by atoms with E-state index in [2.05, 4.69) is 45.1 Å². The van der Waals surface area contributed by atoms with Crippen molar-refractivity contribution in [2.75, 3.05) is 26.2 Å². The van der Waals surface area contributed by atoms with E-state index in [-0.39, 0.29) is 11.9 Å². The van der Waals surface area contributed by atoms with Crippen LogP contribution in [-0.2, 0) is 17.8 Å². The molecule has 2 aliphatic rings. The van der Waals surface area contributed by atoms with Crippen molar-refractivity contribution in [2.45, 2.75) is 64.0 Å². The van der Waals surface area contributed by atoms with Crippen molar-refractivity contribution in [2.24, 2.45) is 0 Å². The first-order chi connectivity index (χ1) is 18.8. The Kier molecular flexibility index (Phi) is 9.27. The first kappa shape index (κ1) is 26.2. The van der Waals surface area contributed by atoms with Crippen LogP contribution in [0.5, 0.6) is 17.4 Å². The van der Waals surface area contributed by atoms with Crippen LogP contribution in [0.1, 0.15) is 56.1 Å². The number of rotatable bonds is 4. The zero-order chi connectivity index (χ0) is 26.0. The van der Waals surface area contributed by atoms with E-state index >= 15 is 0 Å². The van der Waals surface area contributed by atoms with Crippen LogP contribution in [0, 0.1) is 0 Å². The van der Waals surface area contributed by atoms with Crippen molar-refractivity contribution < 1.29 is 14.3 Å². The molecule has 5 rings (SSSR count). The maximum absolute atomic E-state index is 13.7. The quantitative estimate of drug-likeness (QED) is 0.413. The van der Waals surface area contributed by atoms with Crippen LogP contribution in [0.2, 0.25) is 0 Å². The van der Waals surface area contributed by atoms with Gasteiger partial charge in [0, 0.05) is 30.9 Å². The molecule has 0 spiro atoms. The Morgan fingerprint density at radius 2 is 1.63 bits per heavy atom. The van der Waals surface area contributed by atoms with Crippen molar-refractivity contribution in [3.8, 4) is 17.4 Å². The van der Waals surface area contributed by atoms with E-state index in [4.69, 9.17) is 9.47 Å². The monoisotopic (exact) mass is 513 g/mol. The van der Waals surface area contributed by atoms with E-state index in [9.17, 15) is 4.79 Å². The van der Waals surface area contributed by atoms with Gasteiger partial charge in [-0.25, -0.2) is 4.98 Å². The number of likely N-dealkylation sites (tertiary alicyclic amines) is 1. The molecule has 1 unspecified atom stereocenters. The summed E-state index contributed by atoms with van der Waals surface area (Å²) in [6.07, 6.45) is 10.3. The summed E-state index contributed by atoms with van der Waals surface area (Å²) in [6.45, 7) is 3.42. The summed E-state index contributed by atoms with van der Waals surface area (Å²) in [6, 6.07) is 22.6. The molecule has 200 valence electrons. The molecule has 1 amide bonds. The molecule has 0 radical (unpaired) electrons. The number of benzene rings is 2. The molecule has 6 nitrogen and oxygen atoms in total. The number of pyridine rings is 1. The summed E-state index contributed by atoms with van der Waals surface area (Å²) >= 11 is 0. The largest absolute Gasteiger partial charge is 0.490 e. The SMILES string of the molecule is O=C(CN1CCCCCCOc2ccccc2Oc2ncccc2C1)N1CCCCC1Cc1ccccc1. The number of nitrogens with zero attached hydrogens (tertiary/aromatic N) is 3. The van der Waals surface area contributed by atoms with Gasteiger partial charge < -0.3 is 14.4 Å². The predicted molar refractivity (Wildman–Crippen MR) is 149 cm³/mol. The number of ether oxygens (including phenoxy) is 2. The normalized spacial score (nSPS) is 19.3. The third kappa shape index (κ3) is 7.13. The van der Waals surface area contributed by atoms with E-state index in [1.807, 2.05) is 36.4 Å². The minimum atomic E-state index is 0.233. The highest BCUT2D eigenvalue weighted by Gasteiger charge is 2.28. The van der Waals surface area contributed by atoms with E-state index < -0.39 is 0 Å². The smallest absolute Gasteiger partial charge is 0.237 e. The number of aromatic nitrogens is 1. The summed E-state index contributed by atoms with van der Waals surface area (Å²) < 4.78 is 12.3. The standard InChI is InChI=1S/C32H39N3O3/c36-31(35-21-10-8-16-28(35)23-26-13-4-3-5-14-26)25-34-20-9-1-2-11-22-37-29-17-6-7-18-30(29)38-32-27(24-34)15-12-19-33-32/h3-7,12-15,17-19,28H,1-2,8-11,16,20-25H2.